The molecule has 3 N–H and O–H groups in total. The molecule has 0 unspecified atom stereocenters. The Morgan fingerprint density at radius 3 is 2.82 bits per heavy atom. The summed E-state index contributed by atoms with van der Waals surface area (Å²) in [5, 5.41) is 0. The monoisotopic (exact) mass is 150 g/mol. The van der Waals surface area contributed by atoms with Gasteiger partial charge in [-0.15, -0.1) is 0 Å². The summed E-state index contributed by atoms with van der Waals surface area (Å²) in [6.45, 7) is 1.85. The maximum Gasteiger partial charge on any atom is 0.160 e. The maximum atomic E-state index is 10.5. The van der Waals surface area contributed by atoms with E-state index in [9.17, 15) is 4.79 Å². The summed E-state index contributed by atoms with van der Waals surface area (Å²) >= 11 is 0. The van der Waals surface area contributed by atoms with Gasteiger partial charge in [-0.25, -0.2) is 0 Å². The second-order valence-electron chi connectivity index (χ2n) is 2.73. The van der Waals surface area contributed by atoms with Crippen LogP contribution in [0.1, 0.15) is 29.0 Å². The van der Waals surface area contributed by atoms with Crippen LogP contribution in [0.2, 0.25) is 0 Å². The average Bonchev–Trinajstić information content (AvgIpc) is 2.30. The van der Waals surface area contributed by atoms with E-state index in [-0.39, 0.29) is 6.04 Å². The van der Waals surface area contributed by atoms with E-state index in [1.165, 1.54) is 0 Å². The molecule has 1 rings (SSSR count). The van der Waals surface area contributed by atoms with Crippen LogP contribution >= 0.6 is 0 Å². The standard InChI is InChI=1S/C7H11BN2O/c1-4(9)7-5(3-11)2-6(8)10-7/h2-4,10H,8-9H2,1H3/t4-/m1/s1. The lowest BCUT2D eigenvalue weighted by atomic mass is 10.1. The van der Waals surface area contributed by atoms with Crippen LogP contribution in [0.15, 0.2) is 6.07 Å². The second kappa shape index (κ2) is 2.92. The predicted molar refractivity (Wildman–Crippen MR) is 47.0 cm³/mol. The Morgan fingerprint density at radius 2 is 2.45 bits per heavy atom. The fourth-order valence-corrected chi connectivity index (χ4v) is 1.11. The molecule has 1 aromatic rings. The van der Waals surface area contributed by atoms with E-state index in [1.54, 1.807) is 6.07 Å². The van der Waals surface area contributed by atoms with E-state index in [0.717, 1.165) is 17.6 Å². The first-order valence-electron chi connectivity index (χ1n) is 3.55. The lowest BCUT2D eigenvalue weighted by Gasteiger charge is -2.01. The molecule has 0 aliphatic carbocycles. The van der Waals surface area contributed by atoms with Gasteiger partial charge in [-0.2, -0.15) is 0 Å². The van der Waals surface area contributed by atoms with Crippen LogP contribution in [0, 0.1) is 0 Å². The lowest BCUT2D eigenvalue weighted by molar-refractivity contribution is 0.112. The zero-order valence-corrected chi connectivity index (χ0v) is 6.72. The van der Waals surface area contributed by atoms with E-state index >= 15 is 0 Å². The number of aldehydes is 1. The summed E-state index contributed by atoms with van der Waals surface area (Å²) in [5.74, 6) is 0. The minimum Gasteiger partial charge on any atom is -0.369 e. The lowest BCUT2D eigenvalue weighted by Crippen LogP contribution is -2.10. The van der Waals surface area contributed by atoms with Crippen molar-refractivity contribution >= 4 is 19.7 Å². The zero-order valence-electron chi connectivity index (χ0n) is 6.72. The van der Waals surface area contributed by atoms with E-state index in [4.69, 9.17) is 5.73 Å². The predicted octanol–water partition coefficient (Wildman–Crippen LogP) is -0.895. The van der Waals surface area contributed by atoms with Crippen molar-refractivity contribution in [3.8, 4) is 0 Å². The summed E-state index contributed by atoms with van der Waals surface area (Å²) < 4.78 is 0. The van der Waals surface area contributed by atoms with Gasteiger partial charge in [0.25, 0.3) is 0 Å². The van der Waals surface area contributed by atoms with E-state index in [0.29, 0.717) is 5.56 Å². The van der Waals surface area contributed by atoms with Gasteiger partial charge in [0, 0.05) is 17.3 Å². The highest BCUT2D eigenvalue weighted by Crippen LogP contribution is 2.09. The Labute approximate surface area is 66.4 Å². The highest BCUT2D eigenvalue weighted by Gasteiger charge is 2.07. The van der Waals surface area contributed by atoms with Crippen LogP contribution in [-0.2, 0) is 0 Å². The topological polar surface area (TPSA) is 58.9 Å². The Kier molecular flexibility index (Phi) is 2.15. The number of aromatic amines is 1. The molecule has 1 aromatic heterocycles. The van der Waals surface area contributed by atoms with Crippen LogP contribution in [0.3, 0.4) is 0 Å². The molecule has 0 aliphatic rings. The van der Waals surface area contributed by atoms with E-state index in [1.807, 2.05) is 14.8 Å². The fourth-order valence-electron chi connectivity index (χ4n) is 1.11. The molecule has 0 radical (unpaired) electrons. The summed E-state index contributed by atoms with van der Waals surface area (Å²) in [6.07, 6.45) is 0.822. The Balaban J connectivity index is 3.11. The number of carbonyl (C=O) groups excluding carboxylic acids is 1. The van der Waals surface area contributed by atoms with Gasteiger partial charge in [0.05, 0.1) is 0 Å². The van der Waals surface area contributed by atoms with Crippen LogP contribution in [0.4, 0.5) is 0 Å². The van der Waals surface area contributed by atoms with Gasteiger partial charge in [-0.05, 0) is 18.6 Å². The fraction of sp³-hybridized carbons (Fsp3) is 0.286. The number of hydrogen-bond donors (Lipinski definition) is 2. The number of H-pyrrole nitrogens is 1. The maximum absolute atomic E-state index is 10.5. The van der Waals surface area contributed by atoms with Crippen molar-refractivity contribution in [2.24, 2.45) is 5.73 Å². The van der Waals surface area contributed by atoms with E-state index in [2.05, 4.69) is 4.98 Å². The number of nitrogens with one attached hydrogen (secondary N) is 1. The summed E-state index contributed by atoms with van der Waals surface area (Å²) in [7, 11) is 1.90. The van der Waals surface area contributed by atoms with Crippen molar-refractivity contribution in [2.45, 2.75) is 13.0 Å². The molecule has 11 heavy (non-hydrogen) atoms. The van der Waals surface area contributed by atoms with Crippen molar-refractivity contribution in [1.82, 2.24) is 4.98 Å². The van der Waals surface area contributed by atoms with Crippen molar-refractivity contribution in [3.63, 3.8) is 0 Å². The first-order chi connectivity index (χ1) is 5.15. The van der Waals surface area contributed by atoms with Crippen LogP contribution in [-0.4, -0.2) is 19.1 Å². The first kappa shape index (κ1) is 8.08. The molecule has 0 aromatic carbocycles. The van der Waals surface area contributed by atoms with Gasteiger partial charge in [0.2, 0.25) is 0 Å². The molecular formula is C7H11BN2O. The molecule has 1 atom stereocenters. The number of rotatable bonds is 2. The number of hydrogen-bond acceptors (Lipinski definition) is 2. The van der Waals surface area contributed by atoms with Gasteiger partial charge in [-0.1, -0.05) is 0 Å². The van der Waals surface area contributed by atoms with Crippen molar-refractivity contribution in [3.05, 3.63) is 17.3 Å². The minimum absolute atomic E-state index is 0.108. The quantitative estimate of drug-likeness (QED) is 0.424. The van der Waals surface area contributed by atoms with Crippen molar-refractivity contribution in [2.75, 3.05) is 0 Å². The van der Waals surface area contributed by atoms with Gasteiger partial charge in [-0.3, -0.25) is 4.79 Å². The Hall–Kier alpha value is -1.03. The van der Waals surface area contributed by atoms with E-state index < -0.39 is 0 Å². The van der Waals surface area contributed by atoms with Gasteiger partial charge >= 0.3 is 0 Å². The molecule has 3 nitrogen and oxygen atoms in total. The van der Waals surface area contributed by atoms with Gasteiger partial charge in [0.15, 0.2) is 14.1 Å². The third-order valence-corrected chi connectivity index (χ3v) is 1.60. The van der Waals surface area contributed by atoms with Gasteiger partial charge < -0.3 is 10.7 Å². The molecule has 0 fully saturated rings. The number of nitrogens with two attached hydrogens (primary N) is 1. The summed E-state index contributed by atoms with van der Waals surface area (Å²) in [5.41, 5.74) is 8.07. The Morgan fingerprint density at radius 1 is 1.82 bits per heavy atom. The normalized spacial score (nSPS) is 12.9. The van der Waals surface area contributed by atoms with Crippen LogP contribution < -0.4 is 11.3 Å². The molecule has 58 valence electrons. The molecule has 0 saturated heterocycles. The number of aromatic nitrogens is 1. The first-order valence-corrected chi connectivity index (χ1v) is 3.55. The molecule has 1 heterocycles. The van der Waals surface area contributed by atoms with Crippen LogP contribution in [0.25, 0.3) is 0 Å². The SMILES string of the molecule is Bc1cc(C=O)c([C@@H](C)N)[nH]1. The summed E-state index contributed by atoms with van der Waals surface area (Å²) in [4.78, 5) is 13.5. The average molecular weight is 150 g/mol. The molecule has 0 amide bonds. The highest BCUT2D eigenvalue weighted by molar-refractivity contribution is 6.31. The molecule has 4 heteroatoms. The second-order valence-corrected chi connectivity index (χ2v) is 2.73. The smallest absolute Gasteiger partial charge is 0.160 e. The largest absolute Gasteiger partial charge is 0.369 e. The van der Waals surface area contributed by atoms with Crippen molar-refractivity contribution < 1.29 is 4.79 Å². The minimum atomic E-state index is -0.108. The molecule has 0 spiro atoms. The van der Waals surface area contributed by atoms with Crippen LogP contribution in [0.5, 0.6) is 0 Å². The molecular weight excluding hydrogens is 139 g/mol. The van der Waals surface area contributed by atoms with Gasteiger partial charge in [0.1, 0.15) is 0 Å². The van der Waals surface area contributed by atoms with Crippen molar-refractivity contribution in [1.29, 1.82) is 0 Å². The number of carbonyl (C=O) groups is 1. The third-order valence-electron chi connectivity index (χ3n) is 1.60. The highest BCUT2D eigenvalue weighted by atomic mass is 16.1. The molecule has 0 aliphatic heterocycles. The molecule has 0 bridgehead atoms. The Bertz CT molecular complexity index is 267. The third kappa shape index (κ3) is 1.52. The summed E-state index contributed by atoms with van der Waals surface area (Å²) in [6, 6.07) is 1.69. The molecule has 0 saturated carbocycles. The zero-order chi connectivity index (χ0) is 8.43.